The van der Waals surface area contributed by atoms with Crippen LogP contribution in [-0.2, 0) is 6.42 Å². The van der Waals surface area contributed by atoms with E-state index in [1.807, 2.05) is 6.92 Å². The zero-order valence-corrected chi connectivity index (χ0v) is 13.9. The smallest absolute Gasteiger partial charge is 0.340 e. The Balaban J connectivity index is 2.76. The first-order chi connectivity index (χ1) is 11.9. The van der Waals surface area contributed by atoms with E-state index in [0.29, 0.717) is 24.2 Å². The highest BCUT2D eigenvalue weighted by atomic mass is 16.5. The maximum Gasteiger partial charge on any atom is 0.340 e. The fourth-order valence-corrected chi connectivity index (χ4v) is 2.52. The van der Waals surface area contributed by atoms with Crippen molar-refractivity contribution in [1.82, 2.24) is 4.98 Å². The maximum atomic E-state index is 11.7. The van der Waals surface area contributed by atoms with Gasteiger partial charge in [-0.2, -0.15) is 0 Å². The molecule has 0 aliphatic heterocycles. The number of methoxy groups -OCH3 is 1. The standard InChI is InChI=1S/C18H19NO6/c1-3-4-5-12-16(20)14(18(23)24)13(17(21)22)15(19-12)10-6-8-11(25-2)9-7-10/h6-9,20H,3-5H2,1-2H3,(H,21,22)(H,23,24). The topological polar surface area (TPSA) is 117 Å². The lowest BCUT2D eigenvalue weighted by Gasteiger charge is -2.14. The van der Waals surface area contributed by atoms with Crippen LogP contribution >= 0.6 is 0 Å². The first-order valence-electron chi connectivity index (χ1n) is 7.77. The van der Waals surface area contributed by atoms with Crippen molar-refractivity contribution >= 4 is 11.9 Å². The van der Waals surface area contributed by atoms with E-state index < -0.39 is 28.8 Å². The van der Waals surface area contributed by atoms with Crippen LogP contribution in [0.1, 0.15) is 46.2 Å². The summed E-state index contributed by atoms with van der Waals surface area (Å²) in [6.07, 6.45) is 1.86. The summed E-state index contributed by atoms with van der Waals surface area (Å²) in [5.41, 5.74) is -0.556. The van der Waals surface area contributed by atoms with E-state index >= 15 is 0 Å². The molecule has 0 unspecified atom stereocenters. The number of hydrogen-bond acceptors (Lipinski definition) is 5. The molecule has 1 aromatic heterocycles. The number of ether oxygens (including phenoxy) is 1. The molecule has 132 valence electrons. The van der Waals surface area contributed by atoms with Crippen LogP contribution in [-0.4, -0.2) is 39.4 Å². The lowest BCUT2D eigenvalue weighted by Crippen LogP contribution is -2.14. The average Bonchev–Trinajstić information content (AvgIpc) is 2.59. The molecule has 1 aromatic carbocycles. The number of unbranched alkanes of at least 4 members (excludes halogenated alkanes) is 1. The van der Waals surface area contributed by atoms with Crippen LogP contribution in [0.25, 0.3) is 11.3 Å². The van der Waals surface area contributed by atoms with Gasteiger partial charge in [-0.25, -0.2) is 14.6 Å². The lowest BCUT2D eigenvalue weighted by molar-refractivity contribution is 0.0648. The highest BCUT2D eigenvalue weighted by Crippen LogP contribution is 2.34. The Kier molecular flexibility index (Phi) is 5.59. The van der Waals surface area contributed by atoms with E-state index in [0.717, 1.165) is 6.42 Å². The molecule has 0 amide bonds. The van der Waals surface area contributed by atoms with Crippen LogP contribution in [0.4, 0.5) is 0 Å². The molecule has 0 atom stereocenters. The van der Waals surface area contributed by atoms with Gasteiger partial charge in [0.05, 0.1) is 18.5 Å². The summed E-state index contributed by atoms with van der Waals surface area (Å²) in [6, 6.07) is 6.45. The number of pyridine rings is 1. The second-order valence-electron chi connectivity index (χ2n) is 5.45. The number of aromatic nitrogens is 1. The molecule has 0 aliphatic carbocycles. The van der Waals surface area contributed by atoms with E-state index in [2.05, 4.69) is 4.98 Å². The number of rotatable bonds is 7. The van der Waals surface area contributed by atoms with E-state index in [1.54, 1.807) is 24.3 Å². The molecule has 0 spiro atoms. The molecular weight excluding hydrogens is 326 g/mol. The first kappa shape index (κ1) is 18.3. The predicted octanol–water partition coefficient (Wildman–Crippen LogP) is 3.20. The van der Waals surface area contributed by atoms with Gasteiger partial charge >= 0.3 is 11.9 Å². The van der Waals surface area contributed by atoms with E-state index in [1.165, 1.54) is 7.11 Å². The fraction of sp³-hybridized carbons (Fsp3) is 0.278. The lowest BCUT2D eigenvalue weighted by atomic mass is 9.97. The van der Waals surface area contributed by atoms with Gasteiger partial charge in [0, 0.05) is 5.56 Å². The summed E-state index contributed by atoms with van der Waals surface area (Å²) in [6.45, 7) is 1.95. The Hall–Kier alpha value is -3.09. The molecule has 7 nitrogen and oxygen atoms in total. The molecule has 0 saturated carbocycles. The number of nitrogens with zero attached hydrogens (tertiary/aromatic N) is 1. The Labute approximate surface area is 144 Å². The van der Waals surface area contributed by atoms with Gasteiger partial charge in [-0.15, -0.1) is 0 Å². The molecule has 1 heterocycles. The number of carboxylic acid groups (broad SMARTS) is 2. The number of benzene rings is 1. The number of carboxylic acids is 2. The minimum absolute atomic E-state index is 0.0106. The van der Waals surface area contributed by atoms with E-state index in [4.69, 9.17) is 4.74 Å². The molecule has 0 saturated heterocycles. The third-order valence-corrected chi connectivity index (χ3v) is 3.80. The van der Waals surface area contributed by atoms with E-state index in [9.17, 15) is 24.9 Å². The largest absolute Gasteiger partial charge is 0.505 e. The molecule has 0 fully saturated rings. The van der Waals surface area contributed by atoms with Crippen LogP contribution in [0.2, 0.25) is 0 Å². The van der Waals surface area contributed by atoms with Gasteiger partial charge in [0.1, 0.15) is 16.9 Å². The van der Waals surface area contributed by atoms with Crippen molar-refractivity contribution in [3.8, 4) is 22.8 Å². The van der Waals surface area contributed by atoms with Crippen molar-refractivity contribution in [3.05, 3.63) is 41.1 Å². The van der Waals surface area contributed by atoms with Crippen molar-refractivity contribution in [1.29, 1.82) is 0 Å². The summed E-state index contributed by atoms with van der Waals surface area (Å²) in [4.78, 5) is 27.5. The molecular formula is C18H19NO6. The molecule has 3 N–H and O–H groups in total. The molecule has 2 aromatic rings. The van der Waals surface area contributed by atoms with Gasteiger partial charge in [-0.05, 0) is 37.1 Å². The Bertz CT molecular complexity index is 798. The van der Waals surface area contributed by atoms with Gasteiger partial charge in [-0.3, -0.25) is 0 Å². The summed E-state index contributed by atoms with van der Waals surface area (Å²) >= 11 is 0. The quantitative estimate of drug-likeness (QED) is 0.705. The molecule has 7 heteroatoms. The minimum Gasteiger partial charge on any atom is -0.505 e. The summed E-state index contributed by atoms with van der Waals surface area (Å²) in [5, 5.41) is 29.2. The van der Waals surface area contributed by atoms with Crippen LogP contribution in [0.3, 0.4) is 0 Å². The number of aromatic carboxylic acids is 2. The monoisotopic (exact) mass is 345 g/mol. The van der Waals surface area contributed by atoms with Crippen molar-refractivity contribution in [3.63, 3.8) is 0 Å². The third-order valence-electron chi connectivity index (χ3n) is 3.80. The van der Waals surface area contributed by atoms with Crippen molar-refractivity contribution in [2.75, 3.05) is 7.11 Å². The summed E-state index contributed by atoms with van der Waals surface area (Å²) in [7, 11) is 1.50. The summed E-state index contributed by atoms with van der Waals surface area (Å²) in [5.74, 6) is -2.99. The Morgan fingerprint density at radius 2 is 1.68 bits per heavy atom. The Morgan fingerprint density at radius 1 is 1.08 bits per heavy atom. The number of hydrogen-bond donors (Lipinski definition) is 3. The first-order valence-corrected chi connectivity index (χ1v) is 7.77. The molecule has 0 aliphatic rings. The Morgan fingerprint density at radius 3 is 2.16 bits per heavy atom. The number of aryl methyl sites for hydroxylation is 1. The molecule has 2 rings (SSSR count). The number of carbonyl (C=O) groups is 2. The SMILES string of the molecule is CCCCc1nc(-c2ccc(OC)cc2)c(C(=O)O)c(C(=O)O)c1O. The second kappa shape index (κ2) is 7.65. The highest BCUT2D eigenvalue weighted by Gasteiger charge is 2.28. The zero-order chi connectivity index (χ0) is 18.6. The molecule has 0 bridgehead atoms. The fourth-order valence-electron chi connectivity index (χ4n) is 2.52. The predicted molar refractivity (Wildman–Crippen MR) is 90.4 cm³/mol. The van der Waals surface area contributed by atoms with Crippen LogP contribution in [0.5, 0.6) is 11.5 Å². The second-order valence-corrected chi connectivity index (χ2v) is 5.45. The molecule has 25 heavy (non-hydrogen) atoms. The van der Waals surface area contributed by atoms with Crippen molar-refractivity contribution in [2.45, 2.75) is 26.2 Å². The maximum absolute atomic E-state index is 11.7. The summed E-state index contributed by atoms with van der Waals surface area (Å²) < 4.78 is 5.07. The number of aromatic hydroxyl groups is 1. The van der Waals surface area contributed by atoms with Gasteiger partial charge < -0.3 is 20.1 Å². The average molecular weight is 345 g/mol. The normalized spacial score (nSPS) is 10.5. The molecule has 0 radical (unpaired) electrons. The van der Waals surface area contributed by atoms with Crippen LogP contribution in [0, 0.1) is 0 Å². The highest BCUT2D eigenvalue weighted by molar-refractivity contribution is 6.07. The van der Waals surface area contributed by atoms with Crippen molar-refractivity contribution < 1.29 is 29.6 Å². The van der Waals surface area contributed by atoms with Crippen molar-refractivity contribution in [2.24, 2.45) is 0 Å². The zero-order valence-electron chi connectivity index (χ0n) is 13.9. The van der Waals surface area contributed by atoms with Gasteiger partial charge in [0.25, 0.3) is 0 Å². The van der Waals surface area contributed by atoms with Gasteiger partial charge in [0.2, 0.25) is 0 Å². The minimum atomic E-state index is -1.51. The van der Waals surface area contributed by atoms with Gasteiger partial charge in [-0.1, -0.05) is 13.3 Å². The van der Waals surface area contributed by atoms with E-state index in [-0.39, 0.29) is 11.4 Å². The third kappa shape index (κ3) is 3.71. The van der Waals surface area contributed by atoms with Gasteiger partial charge in [0.15, 0.2) is 5.75 Å². The van der Waals surface area contributed by atoms with Crippen LogP contribution < -0.4 is 4.74 Å². The van der Waals surface area contributed by atoms with Crippen LogP contribution in [0.15, 0.2) is 24.3 Å².